The van der Waals surface area contributed by atoms with E-state index in [9.17, 15) is 24.3 Å². The lowest BCUT2D eigenvalue weighted by Crippen LogP contribution is -2.44. The van der Waals surface area contributed by atoms with Crippen LogP contribution in [-0.2, 0) is 20.9 Å². The molecule has 0 aliphatic rings. The smallest absolute Gasteiger partial charge is 0.407 e. The molecule has 1 aromatic heterocycles. The average Bonchev–Trinajstić information content (AvgIpc) is 3.43. The Bertz CT molecular complexity index is 1560. The molecule has 0 radical (unpaired) electrons. The van der Waals surface area contributed by atoms with Gasteiger partial charge in [-0.1, -0.05) is 66.7 Å². The molecule has 0 bridgehead atoms. The monoisotopic (exact) mass is 569 g/mol. The number of fused-ring (bicyclic) bond motifs is 1. The van der Waals surface area contributed by atoms with Crippen molar-refractivity contribution in [3.8, 4) is 0 Å². The Balaban J connectivity index is 1.42. The van der Waals surface area contributed by atoms with E-state index >= 15 is 0 Å². The molecule has 0 saturated heterocycles. The summed E-state index contributed by atoms with van der Waals surface area (Å²) in [6.45, 7) is 1.78. The summed E-state index contributed by atoms with van der Waals surface area (Å²) >= 11 is 0. The summed E-state index contributed by atoms with van der Waals surface area (Å²) in [6.07, 6.45) is 1.38. The summed E-state index contributed by atoms with van der Waals surface area (Å²) in [6, 6.07) is 23.8. The minimum Gasteiger partial charge on any atom is -0.478 e. The number of carboxylic acid groups (broad SMARTS) is 1. The number of nitrogens with one attached hydrogen (secondary N) is 3. The quantitative estimate of drug-likeness (QED) is 0.133. The molecule has 0 fully saturated rings. The molecule has 0 aliphatic heterocycles. The number of hydrogen-bond donors (Lipinski definition) is 4. The number of furan rings is 1. The van der Waals surface area contributed by atoms with Gasteiger partial charge in [-0.05, 0) is 55.2 Å². The van der Waals surface area contributed by atoms with E-state index in [1.165, 1.54) is 13.0 Å². The average molecular weight is 570 g/mol. The Labute approximate surface area is 242 Å². The lowest BCUT2D eigenvalue weighted by Gasteiger charge is -2.19. The van der Waals surface area contributed by atoms with Crippen molar-refractivity contribution in [2.24, 2.45) is 0 Å². The number of anilines is 1. The number of hydrogen-bond acceptors (Lipinski definition) is 6. The highest BCUT2D eigenvalue weighted by molar-refractivity contribution is 6.02. The molecule has 3 aromatic carbocycles. The van der Waals surface area contributed by atoms with Crippen LogP contribution in [0.2, 0.25) is 0 Å². The molecular formula is C32H31N3O7. The first-order chi connectivity index (χ1) is 20.3. The summed E-state index contributed by atoms with van der Waals surface area (Å²) in [5.74, 6) is -2.12. The third-order valence-electron chi connectivity index (χ3n) is 6.35. The lowest BCUT2D eigenvalue weighted by atomic mass is 10.1. The summed E-state index contributed by atoms with van der Waals surface area (Å²) in [7, 11) is 0. The SMILES string of the molecule is CC(=Cc1ccccc1NC(=O)[C@H](CCCNC(=O)OCc1ccccc1)NC(=O)c1cc2ccccc2o1)C(=O)O. The van der Waals surface area contributed by atoms with E-state index in [-0.39, 0.29) is 30.9 Å². The van der Waals surface area contributed by atoms with E-state index in [4.69, 9.17) is 9.15 Å². The highest BCUT2D eigenvalue weighted by Crippen LogP contribution is 2.21. The van der Waals surface area contributed by atoms with Crippen LogP contribution < -0.4 is 16.0 Å². The van der Waals surface area contributed by atoms with Gasteiger partial charge in [0.25, 0.3) is 5.91 Å². The van der Waals surface area contributed by atoms with Crippen LogP contribution in [0.25, 0.3) is 17.0 Å². The molecule has 4 N–H and O–H groups in total. The van der Waals surface area contributed by atoms with E-state index in [2.05, 4.69) is 16.0 Å². The Kier molecular flexibility index (Phi) is 10.1. The second kappa shape index (κ2) is 14.3. The van der Waals surface area contributed by atoms with Crippen LogP contribution in [0.15, 0.2) is 94.9 Å². The topological polar surface area (TPSA) is 147 Å². The Morgan fingerprint density at radius 2 is 1.67 bits per heavy atom. The molecule has 216 valence electrons. The van der Waals surface area contributed by atoms with Gasteiger partial charge in [0.05, 0.1) is 0 Å². The molecule has 10 nitrogen and oxygen atoms in total. The van der Waals surface area contributed by atoms with E-state index in [0.29, 0.717) is 23.3 Å². The van der Waals surface area contributed by atoms with E-state index in [0.717, 1.165) is 10.9 Å². The van der Waals surface area contributed by atoms with Gasteiger partial charge >= 0.3 is 12.1 Å². The van der Waals surface area contributed by atoms with Gasteiger partial charge in [0.1, 0.15) is 18.2 Å². The summed E-state index contributed by atoms with van der Waals surface area (Å²) in [5, 5.41) is 18.2. The Hall–Kier alpha value is -5.38. The molecule has 1 atom stereocenters. The number of carbonyl (C=O) groups excluding carboxylic acids is 3. The maximum absolute atomic E-state index is 13.4. The van der Waals surface area contributed by atoms with Gasteiger partial charge in [0, 0.05) is 23.2 Å². The fourth-order valence-electron chi connectivity index (χ4n) is 4.11. The first-order valence-corrected chi connectivity index (χ1v) is 13.4. The molecule has 42 heavy (non-hydrogen) atoms. The number of alkyl carbamates (subject to hydrolysis) is 1. The van der Waals surface area contributed by atoms with E-state index in [1.807, 2.05) is 42.5 Å². The fourth-order valence-corrected chi connectivity index (χ4v) is 4.11. The third-order valence-corrected chi connectivity index (χ3v) is 6.35. The van der Waals surface area contributed by atoms with Crippen molar-refractivity contribution in [2.75, 3.05) is 11.9 Å². The van der Waals surface area contributed by atoms with Gasteiger partial charge in [0.15, 0.2) is 5.76 Å². The number of aliphatic carboxylic acids is 1. The number of amides is 3. The number of carboxylic acids is 1. The lowest BCUT2D eigenvalue weighted by molar-refractivity contribution is -0.132. The van der Waals surface area contributed by atoms with Gasteiger partial charge in [-0.3, -0.25) is 9.59 Å². The van der Waals surface area contributed by atoms with Crippen molar-refractivity contribution < 1.29 is 33.4 Å². The molecule has 4 aromatic rings. The van der Waals surface area contributed by atoms with Crippen LogP contribution in [0.1, 0.15) is 41.4 Å². The number of benzene rings is 3. The zero-order valence-electron chi connectivity index (χ0n) is 23.0. The summed E-state index contributed by atoms with van der Waals surface area (Å²) in [5.41, 5.74) is 2.36. The van der Waals surface area contributed by atoms with Gasteiger partial charge in [-0.2, -0.15) is 0 Å². The van der Waals surface area contributed by atoms with E-state index < -0.39 is 29.9 Å². The van der Waals surface area contributed by atoms with Crippen LogP contribution in [-0.4, -0.2) is 41.6 Å². The molecule has 3 amide bonds. The maximum Gasteiger partial charge on any atom is 0.407 e. The van der Waals surface area contributed by atoms with Gasteiger partial charge in [0.2, 0.25) is 5.91 Å². The number of ether oxygens (including phenoxy) is 1. The highest BCUT2D eigenvalue weighted by Gasteiger charge is 2.24. The molecule has 0 aliphatic carbocycles. The second-order valence-electron chi connectivity index (χ2n) is 9.51. The van der Waals surface area contributed by atoms with Crippen LogP contribution in [0.4, 0.5) is 10.5 Å². The standard InChI is InChI=1S/C32H31N3O7/c1-21(31(38)39)18-23-12-5-7-14-25(23)34-29(36)26(35-30(37)28-19-24-13-6-8-16-27(24)42-28)15-9-17-33-32(40)41-20-22-10-3-2-4-11-22/h2-8,10-14,16,18-19,26H,9,15,17,20H2,1H3,(H,33,40)(H,34,36)(H,35,37)(H,38,39)/t26-/m0/s1. The molecule has 0 unspecified atom stereocenters. The van der Waals surface area contributed by atoms with Gasteiger partial charge < -0.3 is 30.2 Å². The first kappa shape index (κ1) is 29.6. The van der Waals surface area contributed by atoms with Crippen molar-refractivity contribution in [1.29, 1.82) is 0 Å². The Morgan fingerprint density at radius 3 is 2.43 bits per heavy atom. The minimum absolute atomic E-state index is 0.0528. The van der Waals surface area contributed by atoms with Crippen molar-refractivity contribution in [1.82, 2.24) is 10.6 Å². The van der Waals surface area contributed by atoms with Gasteiger partial charge in [-0.25, -0.2) is 9.59 Å². The minimum atomic E-state index is -1.08. The summed E-state index contributed by atoms with van der Waals surface area (Å²) < 4.78 is 10.9. The zero-order chi connectivity index (χ0) is 29.9. The second-order valence-corrected chi connectivity index (χ2v) is 9.51. The van der Waals surface area contributed by atoms with Crippen LogP contribution in [0.3, 0.4) is 0 Å². The maximum atomic E-state index is 13.4. The molecular weight excluding hydrogens is 538 g/mol. The molecule has 4 rings (SSSR count). The number of carbonyl (C=O) groups is 4. The molecule has 10 heteroatoms. The van der Waals surface area contributed by atoms with Crippen molar-refractivity contribution in [3.05, 3.63) is 107 Å². The van der Waals surface area contributed by atoms with Crippen molar-refractivity contribution in [2.45, 2.75) is 32.4 Å². The Morgan fingerprint density at radius 1 is 0.952 bits per heavy atom. The van der Waals surface area contributed by atoms with E-state index in [1.54, 1.807) is 42.5 Å². The summed E-state index contributed by atoms with van der Waals surface area (Å²) in [4.78, 5) is 49.9. The van der Waals surface area contributed by atoms with Crippen LogP contribution >= 0.6 is 0 Å². The normalized spacial score (nSPS) is 11.9. The van der Waals surface area contributed by atoms with Crippen molar-refractivity contribution >= 4 is 46.6 Å². The molecule has 1 heterocycles. The predicted molar refractivity (Wildman–Crippen MR) is 158 cm³/mol. The third kappa shape index (κ3) is 8.31. The predicted octanol–water partition coefficient (Wildman–Crippen LogP) is 5.36. The fraction of sp³-hybridized carbons (Fsp3) is 0.188. The van der Waals surface area contributed by atoms with Crippen LogP contribution in [0, 0.1) is 0 Å². The molecule has 0 saturated carbocycles. The largest absolute Gasteiger partial charge is 0.478 e. The van der Waals surface area contributed by atoms with Crippen LogP contribution in [0.5, 0.6) is 0 Å². The first-order valence-electron chi connectivity index (χ1n) is 13.4. The zero-order valence-corrected chi connectivity index (χ0v) is 23.0. The molecule has 0 spiro atoms. The number of rotatable bonds is 12. The van der Waals surface area contributed by atoms with Gasteiger partial charge in [-0.15, -0.1) is 0 Å². The number of para-hydroxylation sites is 2. The highest BCUT2D eigenvalue weighted by atomic mass is 16.5. The van der Waals surface area contributed by atoms with Crippen molar-refractivity contribution in [3.63, 3.8) is 0 Å².